The predicted molar refractivity (Wildman–Crippen MR) is 91.4 cm³/mol. The van der Waals surface area contributed by atoms with E-state index < -0.39 is 0 Å². The van der Waals surface area contributed by atoms with Crippen molar-refractivity contribution in [3.63, 3.8) is 0 Å². The van der Waals surface area contributed by atoms with Crippen molar-refractivity contribution in [2.24, 2.45) is 0 Å². The summed E-state index contributed by atoms with van der Waals surface area (Å²) in [5, 5.41) is 4.68. The molecule has 0 atom stereocenters. The summed E-state index contributed by atoms with van der Waals surface area (Å²) < 4.78 is 0. The van der Waals surface area contributed by atoms with Gasteiger partial charge in [-0.1, -0.05) is 29.3 Å². The monoisotopic (exact) mass is 321 g/mol. The third-order valence-corrected chi connectivity index (χ3v) is 4.29. The predicted octanol–water partition coefficient (Wildman–Crippen LogP) is 3.65. The summed E-state index contributed by atoms with van der Waals surface area (Å²) in [6.07, 6.45) is 0. The minimum Gasteiger partial charge on any atom is -0.397 e. The minimum absolute atomic E-state index is 0.666. The number of benzene rings is 2. The van der Waals surface area contributed by atoms with E-state index in [1.165, 1.54) is 0 Å². The molecule has 1 fully saturated rings. The van der Waals surface area contributed by atoms with Gasteiger partial charge in [-0.2, -0.15) is 0 Å². The maximum absolute atomic E-state index is 6.25. The zero-order chi connectivity index (χ0) is 14.8. The lowest BCUT2D eigenvalue weighted by Gasteiger charge is -2.30. The Morgan fingerprint density at radius 1 is 1.00 bits per heavy atom. The fraction of sp³-hybridized carbons (Fsp3) is 0.250. The molecule has 0 spiro atoms. The molecule has 0 amide bonds. The standard InChI is InChI=1S/C16H17Cl2N3/c17-12-2-3-14(18)13(10-12)11-1-4-16(15(19)9-11)21-7-5-20-6-8-21/h1-4,9-10,20H,5-8,19H2. The van der Waals surface area contributed by atoms with Gasteiger partial charge in [-0.25, -0.2) is 0 Å². The average Bonchev–Trinajstić information content (AvgIpc) is 2.50. The van der Waals surface area contributed by atoms with Gasteiger partial charge in [-0.3, -0.25) is 0 Å². The molecule has 3 N–H and O–H groups in total. The van der Waals surface area contributed by atoms with Crippen molar-refractivity contribution in [3.05, 3.63) is 46.4 Å². The van der Waals surface area contributed by atoms with Crippen molar-refractivity contribution in [2.45, 2.75) is 0 Å². The van der Waals surface area contributed by atoms with Crippen molar-refractivity contribution in [2.75, 3.05) is 36.8 Å². The first-order valence-electron chi connectivity index (χ1n) is 6.96. The first kappa shape index (κ1) is 14.5. The lowest BCUT2D eigenvalue weighted by Crippen LogP contribution is -2.43. The van der Waals surface area contributed by atoms with Crippen molar-refractivity contribution in [3.8, 4) is 11.1 Å². The molecule has 0 bridgehead atoms. The van der Waals surface area contributed by atoms with Crippen LogP contribution in [0.15, 0.2) is 36.4 Å². The van der Waals surface area contributed by atoms with Gasteiger partial charge in [0.05, 0.1) is 11.4 Å². The summed E-state index contributed by atoms with van der Waals surface area (Å²) in [7, 11) is 0. The summed E-state index contributed by atoms with van der Waals surface area (Å²) in [6.45, 7) is 3.92. The smallest absolute Gasteiger partial charge is 0.0601 e. The number of rotatable bonds is 2. The number of anilines is 2. The molecule has 1 aliphatic rings. The van der Waals surface area contributed by atoms with Crippen molar-refractivity contribution >= 4 is 34.6 Å². The van der Waals surface area contributed by atoms with E-state index in [0.717, 1.165) is 48.7 Å². The molecule has 0 radical (unpaired) electrons. The molecule has 3 rings (SSSR count). The Balaban J connectivity index is 1.95. The molecule has 0 unspecified atom stereocenters. The van der Waals surface area contributed by atoms with Crippen LogP contribution in [0.5, 0.6) is 0 Å². The van der Waals surface area contributed by atoms with Gasteiger partial charge >= 0.3 is 0 Å². The number of nitrogens with zero attached hydrogens (tertiary/aromatic N) is 1. The molecule has 1 aliphatic heterocycles. The molecular formula is C16H17Cl2N3. The Kier molecular flexibility index (Phi) is 4.24. The summed E-state index contributed by atoms with van der Waals surface area (Å²) >= 11 is 12.3. The lowest BCUT2D eigenvalue weighted by molar-refractivity contribution is 0.590. The van der Waals surface area contributed by atoms with Crippen molar-refractivity contribution in [1.82, 2.24) is 5.32 Å². The first-order chi connectivity index (χ1) is 10.1. The molecule has 1 saturated heterocycles. The molecule has 0 aromatic heterocycles. The fourth-order valence-corrected chi connectivity index (χ4v) is 3.03. The average molecular weight is 322 g/mol. The Morgan fingerprint density at radius 3 is 2.48 bits per heavy atom. The quantitative estimate of drug-likeness (QED) is 0.829. The second-order valence-corrected chi connectivity index (χ2v) is 5.98. The molecule has 0 aliphatic carbocycles. The van der Waals surface area contributed by atoms with Gasteiger partial charge < -0.3 is 16.0 Å². The Morgan fingerprint density at radius 2 is 1.76 bits per heavy atom. The van der Waals surface area contributed by atoms with E-state index in [-0.39, 0.29) is 0 Å². The Hall–Kier alpha value is -1.42. The highest BCUT2D eigenvalue weighted by atomic mass is 35.5. The zero-order valence-corrected chi connectivity index (χ0v) is 13.1. The number of nitrogens with one attached hydrogen (secondary N) is 1. The number of nitrogen functional groups attached to an aromatic ring is 1. The summed E-state index contributed by atoms with van der Waals surface area (Å²) in [5.41, 5.74) is 9.98. The van der Waals surface area contributed by atoms with Crippen LogP contribution < -0.4 is 16.0 Å². The third kappa shape index (κ3) is 3.10. The summed E-state index contributed by atoms with van der Waals surface area (Å²) in [4.78, 5) is 2.30. The normalized spacial score (nSPS) is 15.2. The minimum atomic E-state index is 0.666. The largest absolute Gasteiger partial charge is 0.397 e. The SMILES string of the molecule is Nc1cc(-c2cc(Cl)ccc2Cl)ccc1N1CCNCC1. The lowest BCUT2D eigenvalue weighted by atomic mass is 10.0. The van der Waals surface area contributed by atoms with Crippen LogP contribution in [0.4, 0.5) is 11.4 Å². The third-order valence-electron chi connectivity index (χ3n) is 3.72. The molecule has 5 heteroatoms. The highest BCUT2D eigenvalue weighted by Gasteiger charge is 2.14. The zero-order valence-electron chi connectivity index (χ0n) is 11.6. The van der Waals surface area contributed by atoms with Crippen LogP contribution in [0.25, 0.3) is 11.1 Å². The molecule has 2 aromatic rings. The number of piperazine rings is 1. The second kappa shape index (κ2) is 6.14. The van der Waals surface area contributed by atoms with Gasteiger partial charge in [-0.15, -0.1) is 0 Å². The fourth-order valence-electron chi connectivity index (χ4n) is 2.63. The van der Waals surface area contributed by atoms with Crippen molar-refractivity contribution < 1.29 is 0 Å². The van der Waals surface area contributed by atoms with Crippen LogP contribution in [0.1, 0.15) is 0 Å². The van der Waals surface area contributed by atoms with Gasteiger partial charge in [0.25, 0.3) is 0 Å². The number of hydrogen-bond donors (Lipinski definition) is 2. The molecule has 110 valence electrons. The number of nitrogens with two attached hydrogens (primary N) is 1. The highest BCUT2D eigenvalue weighted by Crippen LogP contribution is 2.34. The Bertz CT molecular complexity index is 652. The second-order valence-electron chi connectivity index (χ2n) is 5.13. The maximum atomic E-state index is 6.25. The van der Waals surface area contributed by atoms with E-state index in [0.29, 0.717) is 10.0 Å². The van der Waals surface area contributed by atoms with Crippen LogP contribution >= 0.6 is 23.2 Å². The maximum Gasteiger partial charge on any atom is 0.0601 e. The molecular weight excluding hydrogens is 305 g/mol. The molecule has 2 aromatic carbocycles. The van der Waals surface area contributed by atoms with Crippen LogP contribution in [-0.4, -0.2) is 26.2 Å². The number of halogens is 2. The Labute approximate surface area is 134 Å². The van der Waals surface area contributed by atoms with Gasteiger partial charge in [0, 0.05) is 41.8 Å². The van der Waals surface area contributed by atoms with E-state index in [1.54, 1.807) is 12.1 Å². The van der Waals surface area contributed by atoms with Crippen LogP contribution in [-0.2, 0) is 0 Å². The van der Waals surface area contributed by atoms with Gasteiger partial charge in [0.1, 0.15) is 0 Å². The molecule has 3 nitrogen and oxygen atoms in total. The van der Waals surface area contributed by atoms with E-state index in [9.17, 15) is 0 Å². The van der Waals surface area contributed by atoms with Gasteiger partial charge in [-0.05, 0) is 35.9 Å². The van der Waals surface area contributed by atoms with Crippen LogP contribution in [0.2, 0.25) is 10.0 Å². The van der Waals surface area contributed by atoms with Crippen LogP contribution in [0.3, 0.4) is 0 Å². The molecule has 21 heavy (non-hydrogen) atoms. The van der Waals surface area contributed by atoms with E-state index in [2.05, 4.69) is 16.3 Å². The summed E-state index contributed by atoms with van der Waals surface area (Å²) in [6, 6.07) is 11.5. The number of hydrogen-bond acceptors (Lipinski definition) is 3. The first-order valence-corrected chi connectivity index (χ1v) is 7.71. The van der Waals surface area contributed by atoms with Crippen molar-refractivity contribution in [1.29, 1.82) is 0 Å². The molecule has 1 heterocycles. The van der Waals surface area contributed by atoms with Crippen LogP contribution in [0, 0.1) is 0 Å². The molecule has 0 saturated carbocycles. The highest BCUT2D eigenvalue weighted by molar-refractivity contribution is 6.35. The topological polar surface area (TPSA) is 41.3 Å². The van der Waals surface area contributed by atoms with E-state index >= 15 is 0 Å². The van der Waals surface area contributed by atoms with E-state index in [1.807, 2.05) is 18.2 Å². The van der Waals surface area contributed by atoms with E-state index in [4.69, 9.17) is 28.9 Å². The summed E-state index contributed by atoms with van der Waals surface area (Å²) in [5.74, 6) is 0. The van der Waals surface area contributed by atoms with Gasteiger partial charge in [0.2, 0.25) is 0 Å². The van der Waals surface area contributed by atoms with Gasteiger partial charge in [0.15, 0.2) is 0 Å².